The van der Waals surface area contributed by atoms with Crippen LogP contribution in [0, 0.1) is 11.6 Å². The van der Waals surface area contributed by atoms with E-state index in [1.54, 1.807) is 38.1 Å². The first-order valence-corrected chi connectivity index (χ1v) is 9.99. The van der Waals surface area contributed by atoms with Crippen molar-refractivity contribution >= 4 is 21.6 Å². The first-order valence-electron chi connectivity index (χ1n) is 8.44. The summed E-state index contributed by atoms with van der Waals surface area (Å²) in [4.78, 5) is 12.1. The van der Waals surface area contributed by atoms with Crippen molar-refractivity contribution < 1.29 is 22.0 Å². The van der Waals surface area contributed by atoms with Gasteiger partial charge in [0.1, 0.15) is 11.6 Å². The summed E-state index contributed by atoms with van der Waals surface area (Å²) in [5, 5.41) is 2.06. The van der Waals surface area contributed by atoms with Crippen molar-refractivity contribution in [1.82, 2.24) is 4.72 Å². The maximum Gasteiger partial charge on any atom is 0.255 e. The molecule has 8 heteroatoms. The summed E-state index contributed by atoms with van der Waals surface area (Å²) in [6, 6.07) is 9.42. The van der Waals surface area contributed by atoms with Crippen molar-refractivity contribution in [3.63, 3.8) is 0 Å². The highest BCUT2D eigenvalue weighted by molar-refractivity contribution is 7.90. The van der Waals surface area contributed by atoms with E-state index in [9.17, 15) is 22.0 Å². The minimum Gasteiger partial charge on any atom is -0.322 e. The van der Waals surface area contributed by atoms with Crippen molar-refractivity contribution in [3.8, 4) is 0 Å². The summed E-state index contributed by atoms with van der Waals surface area (Å²) in [7, 11) is -3.33. The molecule has 0 unspecified atom stereocenters. The van der Waals surface area contributed by atoms with E-state index in [1.165, 1.54) is 0 Å². The Balaban J connectivity index is 2.01. The predicted molar refractivity (Wildman–Crippen MR) is 101 cm³/mol. The molecule has 0 fully saturated rings. The van der Waals surface area contributed by atoms with Gasteiger partial charge in [0.05, 0.1) is 5.25 Å². The second-order valence-corrected chi connectivity index (χ2v) is 8.90. The van der Waals surface area contributed by atoms with Crippen LogP contribution in [0.3, 0.4) is 0 Å². The van der Waals surface area contributed by atoms with Gasteiger partial charge in [-0.2, -0.15) is 0 Å². The van der Waals surface area contributed by atoms with Gasteiger partial charge < -0.3 is 5.32 Å². The van der Waals surface area contributed by atoms with E-state index in [4.69, 9.17) is 0 Å². The lowest BCUT2D eigenvalue weighted by molar-refractivity contribution is 0.102. The number of halogens is 2. The number of hydrogen-bond donors (Lipinski definition) is 2. The van der Waals surface area contributed by atoms with Crippen LogP contribution in [0.1, 0.15) is 42.6 Å². The third-order valence-corrected chi connectivity index (χ3v) is 5.88. The predicted octanol–water partition coefficient (Wildman–Crippen LogP) is 3.65. The van der Waals surface area contributed by atoms with Gasteiger partial charge in [0.2, 0.25) is 10.0 Å². The zero-order valence-electron chi connectivity index (χ0n) is 15.3. The molecule has 0 aromatic heterocycles. The van der Waals surface area contributed by atoms with E-state index >= 15 is 0 Å². The summed E-state index contributed by atoms with van der Waals surface area (Å²) in [5.74, 6) is -2.35. The quantitative estimate of drug-likeness (QED) is 0.748. The SMILES string of the molecule is CC(C)S(=O)(=O)NC[C@H]([14CH3])c1ccc(NC(=O)c2cc(F)cc(F)c2)cc1. The van der Waals surface area contributed by atoms with Crippen LogP contribution in [-0.2, 0) is 10.0 Å². The van der Waals surface area contributed by atoms with Crippen LogP contribution in [0.5, 0.6) is 0 Å². The molecule has 0 bridgehead atoms. The van der Waals surface area contributed by atoms with Gasteiger partial charge in [0.25, 0.3) is 5.91 Å². The second kappa shape index (κ2) is 8.58. The standard InChI is InChI=1S/C19H22F2N2O3S/c1-12(2)27(25,26)22-11-13(3)14-4-6-18(7-5-14)23-19(24)15-8-16(20)10-17(21)9-15/h4-10,12-13,22H,11H2,1-3H3,(H,23,24)/t13-/m0/s1/i3+2. The molecule has 27 heavy (non-hydrogen) atoms. The molecule has 5 nitrogen and oxygen atoms in total. The lowest BCUT2D eigenvalue weighted by atomic mass is 10.1. The summed E-state index contributed by atoms with van der Waals surface area (Å²) in [6.45, 7) is 5.35. The Morgan fingerprint density at radius 1 is 1.07 bits per heavy atom. The van der Waals surface area contributed by atoms with E-state index in [-0.39, 0.29) is 18.0 Å². The molecule has 1 atom stereocenters. The number of anilines is 1. The molecule has 0 heterocycles. The number of hydrogen-bond acceptors (Lipinski definition) is 3. The zero-order valence-corrected chi connectivity index (χ0v) is 16.1. The third-order valence-electron chi connectivity index (χ3n) is 4.07. The first kappa shape index (κ1) is 21.0. The number of benzene rings is 2. The van der Waals surface area contributed by atoms with Gasteiger partial charge in [-0.3, -0.25) is 4.79 Å². The highest BCUT2D eigenvalue weighted by atomic mass is 32.2. The first-order chi connectivity index (χ1) is 12.6. The van der Waals surface area contributed by atoms with Crippen molar-refractivity contribution in [2.45, 2.75) is 31.9 Å². The van der Waals surface area contributed by atoms with E-state index in [0.29, 0.717) is 11.8 Å². The van der Waals surface area contributed by atoms with Crippen molar-refractivity contribution in [1.29, 1.82) is 0 Å². The van der Waals surface area contributed by atoms with E-state index in [1.807, 2.05) is 6.92 Å². The Labute approximate surface area is 157 Å². The Morgan fingerprint density at radius 2 is 1.63 bits per heavy atom. The molecular formula is C19H22F2N2O3S. The smallest absolute Gasteiger partial charge is 0.255 e. The Kier molecular flexibility index (Phi) is 6.67. The molecule has 0 aliphatic carbocycles. The molecule has 0 radical (unpaired) electrons. The monoisotopic (exact) mass is 398 g/mol. The van der Waals surface area contributed by atoms with Crippen LogP contribution in [0.4, 0.5) is 14.5 Å². The van der Waals surface area contributed by atoms with E-state index < -0.39 is 32.8 Å². The van der Waals surface area contributed by atoms with Gasteiger partial charge in [-0.25, -0.2) is 21.9 Å². The van der Waals surface area contributed by atoms with Gasteiger partial charge in [-0.05, 0) is 49.6 Å². The fourth-order valence-corrected chi connectivity index (χ4v) is 3.12. The molecule has 1 amide bonds. The number of amides is 1. The summed E-state index contributed by atoms with van der Waals surface area (Å²) in [6.07, 6.45) is 0. The molecule has 2 aromatic carbocycles. The normalized spacial score (nSPS) is 12.8. The average Bonchev–Trinajstić information content (AvgIpc) is 2.59. The number of carbonyl (C=O) groups excluding carboxylic acids is 1. The molecule has 2 rings (SSSR count). The van der Waals surface area contributed by atoms with E-state index in [0.717, 1.165) is 17.7 Å². The van der Waals surface area contributed by atoms with Crippen LogP contribution >= 0.6 is 0 Å². The minimum atomic E-state index is -3.33. The van der Waals surface area contributed by atoms with Crippen LogP contribution in [0.2, 0.25) is 0 Å². The molecule has 2 N–H and O–H groups in total. The van der Waals surface area contributed by atoms with Gasteiger partial charge >= 0.3 is 0 Å². The Morgan fingerprint density at radius 3 is 2.15 bits per heavy atom. The second-order valence-electron chi connectivity index (χ2n) is 6.58. The van der Waals surface area contributed by atoms with Crippen LogP contribution in [0.25, 0.3) is 0 Å². The summed E-state index contributed by atoms with van der Waals surface area (Å²) < 4.78 is 52.6. The maximum absolute atomic E-state index is 13.2. The molecule has 0 saturated heterocycles. The fourth-order valence-electron chi connectivity index (χ4n) is 2.31. The molecule has 0 aliphatic rings. The molecule has 0 spiro atoms. The Bertz CT molecular complexity index is 893. The third kappa shape index (κ3) is 5.83. The van der Waals surface area contributed by atoms with Crippen molar-refractivity contribution in [3.05, 3.63) is 65.2 Å². The van der Waals surface area contributed by atoms with E-state index in [2.05, 4.69) is 10.0 Å². The van der Waals surface area contributed by atoms with Gasteiger partial charge in [0.15, 0.2) is 0 Å². The maximum atomic E-state index is 13.2. The summed E-state index contributed by atoms with van der Waals surface area (Å²) in [5.41, 5.74) is 1.23. The number of sulfonamides is 1. The molecule has 0 aliphatic heterocycles. The number of nitrogens with one attached hydrogen (secondary N) is 2. The fraction of sp³-hybridized carbons (Fsp3) is 0.316. The highest BCUT2D eigenvalue weighted by Gasteiger charge is 2.17. The van der Waals surface area contributed by atoms with Gasteiger partial charge in [-0.15, -0.1) is 0 Å². The van der Waals surface area contributed by atoms with Gasteiger partial charge in [0, 0.05) is 23.9 Å². The zero-order chi connectivity index (χ0) is 20.2. The molecule has 0 saturated carbocycles. The van der Waals surface area contributed by atoms with Gasteiger partial charge in [-0.1, -0.05) is 19.1 Å². The number of rotatable bonds is 7. The number of carbonyl (C=O) groups is 1. The molecule has 2 aromatic rings. The molecular weight excluding hydrogens is 376 g/mol. The highest BCUT2D eigenvalue weighted by Crippen LogP contribution is 2.19. The minimum absolute atomic E-state index is 0.0689. The molecule has 146 valence electrons. The van der Waals surface area contributed by atoms with Crippen LogP contribution < -0.4 is 10.0 Å². The van der Waals surface area contributed by atoms with Crippen molar-refractivity contribution in [2.75, 3.05) is 11.9 Å². The van der Waals surface area contributed by atoms with Crippen LogP contribution in [-0.4, -0.2) is 26.1 Å². The lowest BCUT2D eigenvalue weighted by Crippen LogP contribution is -2.33. The summed E-state index contributed by atoms with van der Waals surface area (Å²) >= 11 is 0. The largest absolute Gasteiger partial charge is 0.322 e. The average molecular weight is 398 g/mol. The van der Waals surface area contributed by atoms with Crippen LogP contribution in [0.15, 0.2) is 42.5 Å². The lowest BCUT2D eigenvalue weighted by Gasteiger charge is -2.15. The van der Waals surface area contributed by atoms with Crippen molar-refractivity contribution in [2.24, 2.45) is 0 Å². The Hall–Kier alpha value is -2.32. The topological polar surface area (TPSA) is 75.3 Å².